The Hall–Kier alpha value is -3.54. The highest BCUT2D eigenvalue weighted by molar-refractivity contribution is 7.03. The van der Waals surface area contributed by atoms with Gasteiger partial charge >= 0.3 is 12.4 Å². The molecule has 0 spiro atoms. The smallest absolute Gasteiger partial charge is 0.338 e. The summed E-state index contributed by atoms with van der Waals surface area (Å²) in [6.07, 6.45) is -8.63. The van der Waals surface area contributed by atoms with Gasteiger partial charge in [-0.3, -0.25) is 4.79 Å². The van der Waals surface area contributed by atoms with Crippen LogP contribution in [0.3, 0.4) is 0 Å². The minimum Gasteiger partial charge on any atom is -0.338 e. The number of H-pyrrole nitrogens is 1. The van der Waals surface area contributed by atoms with E-state index < -0.39 is 23.5 Å². The SMILES string of the molecule is O=C(Cc1ccc(-c2ncc(-c3cc(C(F)(F)F)cc(C(F)(F)F)c3)[nH]2)cc1)c1csnn1. The molecule has 170 valence electrons. The Kier molecular flexibility index (Phi) is 5.78. The van der Waals surface area contributed by atoms with Crippen LogP contribution in [0.15, 0.2) is 54.0 Å². The number of aromatic nitrogens is 4. The third-order valence-corrected chi connectivity index (χ3v) is 5.22. The number of hydrogen-bond donors (Lipinski definition) is 1. The molecule has 0 atom stereocenters. The predicted molar refractivity (Wildman–Crippen MR) is 107 cm³/mol. The lowest BCUT2D eigenvalue weighted by Crippen LogP contribution is -2.11. The molecule has 12 heteroatoms. The number of hydrogen-bond acceptors (Lipinski definition) is 5. The molecule has 4 aromatic rings. The maximum absolute atomic E-state index is 13.1. The first-order chi connectivity index (χ1) is 15.5. The van der Waals surface area contributed by atoms with Gasteiger partial charge in [0, 0.05) is 22.9 Å². The molecule has 0 aliphatic rings. The Bertz CT molecular complexity index is 1250. The van der Waals surface area contributed by atoms with E-state index in [4.69, 9.17) is 0 Å². The van der Waals surface area contributed by atoms with E-state index >= 15 is 0 Å². The van der Waals surface area contributed by atoms with Crippen molar-refractivity contribution in [3.8, 4) is 22.6 Å². The first kappa shape index (κ1) is 22.6. The summed E-state index contributed by atoms with van der Waals surface area (Å²) >= 11 is 1.06. The van der Waals surface area contributed by atoms with E-state index in [0.29, 0.717) is 23.3 Å². The fraction of sp³-hybridized carbons (Fsp3) is 0.143. The minimum atomic E-state index is -4.94. The molecule has 0 radical (unpaired) electrons. The van der Waals surface area contributed by atoms with Gasteiger partial charge in [0.15, 0.2) is 5.78 Å². The lowest BCUT2D eigenvalue weighted by Gasteiger charge is -2.13. The molecule has 0 aliphatic heterocycles. The van der Waals surface area contributed by atoms with Crippen LogP contribution >= 0.6 is 11.5 Å². The van der Waals surface area contributed by atoms with Gasteiger partial charge in [0.2, 0.25) is 0 Å². The first-order valence-electron chi connectivity index (χ1n) is 9.25. The number of carbonyl (C=O) groups excluding carboxylic acids is 1. The number of nitrogens with one attached hydrogen (secondary N) is 1. The van der Waals surface area contributed by atoms with Crippen LogP contribution in [0.1, 0.15) is 27.2 Å². The highest BCUT2D eigenvalue weighted by Crippen LogP contribution is 2.38. The number of ketones is 1. The number of rotatable bonds is 5. The van der Waals surface area contributed by atoms with E-state index in [-0.39, 0.29) is 41.0 Å². The fourth-order valence-electron chi connectivity index (χ4n) is 3.07. The molecule has 0 fully saturated rings. The third-order valence-electron chi connectivity index (χ3n) is 4.71. The maximum atomic E-state index is 13.1. The molecule has 2 heterocycles. The number of halogens is 6. The van der Waals surface area contributed by atoms with Gasteiger partial charge in [0.05, 0.1) is 23.0 Å². The van der Waals surface area contributed by atoms with Crippen molar-refractivity contribution in [2.75, 3.05) is 0 Å². The summed E-state index contributed by atoms with van der Waals surface area (Å²) in [5, 5.41) is 5.26. The van der Waals surface area contributed by atoms with Crippen LogP contribution in [0.25, 0.3) is 22.6 Å². The molecule has 1 N–H and O–H groups in total. The van der Waals surface area contributed by atoms with Gasteiger partial charge in [-0.05, 0) is 35.3 Å². The number of alkyl halides is 6. The van der Waals surface area contributed by atoms with Crippen LogP contribution in [-0.2, 0) is 18.8 Å². The van der Waals surface area contributed by atoms with Gasteiger partial charge in [-0.25, -0.2) is 4.98 Å². The van der Waals surface area contributed by atoms with Crippen LogP contribution in [0.5, 0.6) is 0 Å². The number of imidazole rings is 1. The Morgan fingerprint density at radius 3 is 2.09 bits per heavy atom. The minimum absolute atomic E-state index is 0.00288. The maximum Gasteiger partial charge on any atom is 0.416 e. The lowest BCUT2D eigenvalue weighted by atomic mass is 10.0. The zero-order valence-corrected chi connectivity index (χ0v) is 17.1. The summed E-state index contributed by atoms with van der Waals surface area (Å²) in [5.41, 5.74) is -1.63. The third kappa shape index (κ3) is 5.11. The van der Waals surface area contributed by atoms with Crippen molar-refractivity contribution in [2.24, 2.45) is 0 Å². The first-order valence-corrected chi connectivity index (χ1v) is 10.1. The van der Waals surface area contributed by atoms with E-state index in [1.807, 2.05) is 0 Å². The summed E-state index contributed by atoms with van der Waals surface area (Å²) in [7, 11) is 0. The Morgan fingerprint density at radius 2 is 1.55 bits per heavy atom. The molecule has 0 unspecified atom stereocenters. The summed E-state index contributed by atoms with van der Waals surface area (Å²) in [6.45, 7) is 0. The van der Waals surface area contributed by atoms with Crippen LogP contribution in [-0.4, -0.2) is 25.3 Å². The van der Waals surface area contributed by atoms with Gasteiger partial charge in [-0.1, -0.05) is 28.8 Å². The Balaban J connectivity index is 1.60. The second-order valence-corrected chi connectivity index (χ2v) is 7.64. The van der Waals surface area contributed by atoms with Crippen molar-refractivity contribution in [1.29, 1.82) is 0 Å². The topological polar surface area (TPSA) is 71.5 Å². The molecule has 0 bridgehead atoms. The molecule has 2 aromatic heterocycles. The standard InChI is InChI=1S/C21H12F6N4OS/c22-20(23,24)14-6-13(7-15(8-14)21(25,26)27)16-9-28-19(29-16)12-3-1-11(2-4-12)5-18(32)17-10-33-31-30-17/h1-4,6-10H,5H2,(H,28,29). The Labute approximate surface area is 186 Å². The highest BCUT2D eigenvalue weighted by atomic mass is 32.1. The highest BCUT2D eigenvalue weighted by Gasteiger charge is 2.37. The molecule has 0 saturated carbocycles. The molecule has 0 aliphatic carbocycles. The monoisotopic (exact) mass is 482 g/mol. The van der Waals surface area contributed by atoms with Crippen molar-refractivity contribution in [2.45, 2.75) is 18.8 Å². The number of Topliss-reactive ketones (excluding diaryl/α,β-unsaturated/α-hetero) is 1. The lowest BCUT2D eigenvalue weighted by molar-refractivity contribution is -0.143. The average Bonchev–Trinajstić information content (AvgIpc) is 3.45. The van der Waals surface area contributed by atoms with Crippen LogP contribution < -0.4 is 0 Å². The fourth-order valence-corrected chi connectivity index (χ4v) is 3.53. The molecule has 4 rings (SSSR count). The summed E-state index contributed by atoms with van der Waals surface area (Å²) in [4.78, 5) is 18.9. The van der Waals surface area contributed by atoms with Gasteiger partial charge in [-0.15, -0.1) is 5.10 Å². The van der Waals surface area contributed by atoms with E-state index in [2.05, 4.69) is 19.6 Å². The van der Waals surface area contributed by atoms with Crippen LogP contribution in [0.4, 0.5) is 26.3 Å². The second-order valence-electron chi connectivity index (χ2n) is 7.03. The molecule has 2 aromatic carbocycles. The zero-order chi connectivity index (χ0) is 23.8. The van der Waals surface area contributed by atoms with E-state index in [1.165, 1.54) is 0 Å². The van der Waals surface area contributed by atoms with Gasteiger partial charge in [-0.2, -0.15) is 26.3 Å². The van der Waals surface area contributed by atoms with Crippen molar-refractivity contribution < 1.29 is 31.1 Å². The van der Waals surface area contributed by atoms with Gasteiger partial charge in [0.25, 0.3) is 0 Å². The van der Waals surface area contributed by atoms with E-state index in [1.54, 1.807) is 29.6 Å². The Morgan fingerprint density at radius 1 is 0.909 bits per heavy atom. The predicted octanol–water partition coefficient (Wildman–Crippen LogP) is 6.06. The van der Waals surface area contributed by atoms with Gasteiger partial charge < -0.3 is 4.98 Å². The number of nitrogens with zero attached hydrogens (tertiary/aromatic N) is 3. The molecule has 33 heavy (non-hydrogen) atoms. The summed E-state index contributed by atoms with van der Waals surface area (Å²) in [5.74, 6) is 0.0411. The van der Waals surface area contributed by atoms with E-state index in [0.717, 1.165) is 17.7 Å². The zero-order valence-electron chi connectivity index (χ0n) is 16.3. The van der Waals surface area contributed by atoms with Gasteiger partial charge in [0.1, 0.15) is 11.5 Å². The molecular weight excluding hydrogens is 470 g/mol. The summed E-state index contributed by atoms with van der Waals surface area (Å²) < 4.78 is 82.3. The van der Waals surface area contributed by atoms with E-state index in [9.17, 15) is 31.1 Å². The largest absolute Gasteiger partial charge is 0.416 e. The van der Waals surface area contributed by atoms with Crippen molar-refractivity contribution in [1.82, 2.24) is 19.6 Å². The summed E-state index contributed by atoms with van der Waals surface area (Å²) in [6, 6.07) is 7.95. The van der Waals surface area contributed by atoms with Crippen molar-refractivity contribution in [3.05, 3.63) is 76.4 Å². The average molecular weight is 482 g/mol. The normalized spacial score (nSPS) is 12.2. The van der Waals surface area contributed by atoms with Crippen LogP contribution in [0.2, 0.25) is 0 Å². The molecule has 0 amide bonds. The molecular formula is C21H12F6N4OS. The number of benzene rings is 2. The van der Waals surface area contributed by atoms with Crippen LogP contribution in [0, 0.1) is 0 Å². The molecule has 0 saturated heterocycles. The second kappa shape index (κ2) is 8.43. The van der Waals surface area contributed by atoms with Crippen molar-refractivity contribution >= 4 is 17.3 Å². The van der Waals surface area contributed by atoms with Crippen molar-refractivity contribution in [3.63, 3.8) is 0 Å². The quantitative estimate of drug-likeness (QED) is 0.277. The number of carbonyl (C=O) groups is 1. The molecule has 5 nitrogen and oxygen atoms in total. The number of aromatic amines is 1.